The van der Waals surface area contributed by atoms with E-state index < -0.39 is 0 Å². The molecule has 1 rings (SSSR count). The highest BCUT2D eigenvalue weighted by atomic mass is 16.5. The zero-order chi connectivity index (χ0) is 13.6. The molecule has 0 unspecified atom stereocenters. The van der Waals surface area contributed by atoms with Crippen LogP contribution in [0.2, 0.25) is 0 Å². The number of hydrogen-bond acceptors (Lipinski definition) is 2. The van der Waals surface area contributed by atoms with Gasteiger partial charge < -0.3 is 10.5 Å². The molecule has 1 aromatic carbocycles. The predicted octanol–water partition coefficient (Wildman–Crippen LogP) is 3.84. The van der Waals surface area contributed by atoms with Crippen LogP contribution in [-0.4, -0.2) is 13.2 Å². The zero-order valence-electron chi connectivity index (χ0n) is 12.3. The van der Waals surface area contributed by atoms with Crippen molar-refractivity contribution in [1.29, 1.82) is 0 Å². The average Bonchev–Trinajstić information content (AvgIpc) is 2.33. The second-order valence-corrected chi connectivity index (χ2v) is 5.94. The molecule has 1 aromatic rings. The minimum atomic E-state index is 0.263. The van der Waals surface area contributed by atoms with Crippen LogP contribution in [0.5, 0.6) is 5.75 Å². The van der Waals surface area contributed by atoms with Crippen molar-refractivity contribution in [1.82, 2.24) is 0 Å². The van der Waals surface area contributed by atoms with Crippen LogP contribution in [0.1, 0.15) is 44.2 Å². The number of hydrogen-bond donors (Lipinski definition) is 1. The van der Waals surface area contributed by atoms with Crippen molar-refractivity contribution in [3.8, 4) is 5.75 Å². The lowest BCUT2D eigenvalue weighted by atomic mass is 9.87. The van der Waals surface area contributed by atoms with E-state index in [9.17, 15) is 0 Å². The second-order valence-electron chi connectivity index (χ2n) is 5.94. The van der Waals surface area contributed by atoms with E-state index in [0.717, 1.165) is 25.3 Å². The number of ether oxygens (including phenoxy) is 1. The largest absolute Gasteiger partial charge is 0.493 e. The first-order chi connectivity index (χ1) is 8.44. The fraction of sp³-hybridized carbons (Fsp3) is 0.625. The Bertz CT molecular complexity index is 371. The SMILES string of the molecule is Cc1ccc(C)c(OCCCCC(C)(C)CN)c1. The van der Waals surface area contributed by atoms with Crippen LogP contribution in [0, 0.1) is 19.3 Å². The van der Waals surface area contributed by atoms with Crippen LogP contribution < -0.4 is 10.5 Å². The fourth-order valence-corrected chi connectivity index (χ4v) is 1.85. The Morgan fingerprint density at radius 2 is 1.89 bits per heavy atom. The molecular weight excluding hydrogens is 222 g/mol. The molecule has 0 radical (unpaired) electrons. The van der Waals surface area contributed by atoms with Gasteiger partial charge >= 0.3 is 0 Å². The lowest BCUT2D eigenvalue weighted by Crippen LogP contribution is -2.23. The van der Waals surface area contributed by atoms with Gasteiger partial charge in [0, 0.05) is 0 Å². The molecule has 0 atom stereocenters. The van der Waals surface area contributed by atoms with E-state index in [-0.39, 0.29) is 5.41 Å². The van der Waals surface area contributed by atoms with Crippen molar-refractivity contribution in [2.75, 3.05) is 13.2 Å². The van der Waals surface area contributed by atoms with Gasteiger partial charge in [-0.25, -0.2) is 0 Å². The minimum Gasteiger partial charge on any atom is -0.493 e. The van der Waals surface area contributed by atoms with Gasteiger partial charge in [0.05, 0.1) is 6.61 Å². The molecule has 2 heteroatoms. The van der Waals surface area contributed by atoms with Crippen molar-refractivity contribution in [3.63, 3.8) is 0 Å². The van der Waals surface area contributed by atoms with Crippen LogP contribution in [0.3, 0.4) is 0 Å². The Morgan fingerprint density at radius 3 is 2.56 bits per heavy atom. The Labute approximate surface area is 112 Å². The zero-order valence-corrected chi connectivity index (χ0v) is 12.3. The summed E-state index contributed by atoms with van der Waals surface area (Å²) in [5.41, 5.74) is 8.44. The summed E-state index contributed by atoms with van der Waals surface area (Å²) in [6.45, 7) is 10.2. The van der Waals surface area contributed by atoms with E-state index in [2.05, 4.69) is 45.9 Å². The Hall–Kier alpha value is -1.02. The number of rotatable bonds is 7. The van der Waals surface area contributed by atoms with E-state index in [4.69, 9.17) is 10.5 Å². The molecule has 0 aromatic heterocycles. The molecule has 0 bridgehead atoms. The second kappa shape index (κ2) is 6.79. The number of nitrogens with two attached hydrogens (primary N) is 1. The minimum absolute atomic E-state index is 0.263. The van der Waals surface area contributed by atoms with Crippen LogP contribution in [0.25, 0.3) is 0 Å². The highest BCUT2D eigenvalue weighted by Gasteiger charge is 2.14. The molecule has 0 aliphatic carbocycles. The van der Waals surface area contributed by atoms with Crippen molar-refractivity contribution in [3.05, 3.63) is 29.3 Å². The van der Waals surface area contributed by atoms with Crippen molar-refractivity contribution in [2.24, 2.45) is 11.1 Å². The van der Waals surface area contributed by atoms with Crippen LogP contribution in [0.4, 0.5) is 0 Å². The Morgan fingerprint density at radius 1 is 1.17 bits per heavy atom. The predicted molar refractivity (Wildman–Crippen MR) is 78.1 cm³/mol. The Balaban J connectivity index is 2.28. The number of benzene rings is 1. The van der Waals surface area contributed by atoms with Gasteiger partial charge in [0.15, 0.2) is 0 Å². The van der Waals surface area contributed by atoms with E-state index in [1.165, 1.54) is 24.0 Å². The summed E-state index contributed by atoms with van der Waals surface area (Å²) >= 11 is 0. The van der Waals surface area contributed by atoms with Gasteiger partial charge in [-0.1, -0.05) is 26.0 Å². The molecule has 2 N–H and O–H groups in total. The van der Waals surface area contributed by atoms with Gasteiger partial charge in [-0.3, -0.25) is 0 Å². The van der Waals surface area contributed by atoms with Crippen LogP contribution in [-0.2, 0) is 0 Å². The smallest absolute Gasteiger partial charge is 0.122 e. The van der Waals surface area contributed by atoms with E-state index in [1.807, 2.05) is 0 Å². The first-order valence-electron chi connectivity index (χ1n) is 6.85. The molecule has 0 aliphatic heterocycles. The van der Waals surface area contributed by atoms with Gasteiger partial charge in [0.2, 0.25) is 0 Å². The lowest BCUT2D eigenvalue weighted by Gasteiger charge is -2.21. The maximum Gasteiger partial charge on any atom is 0.122 e. The first-order valence-corrected chi connectivity index (χ1v) is 6.85. The van der Waals surface area contributed by atoms with Crippen LogP contribution in [0.15, 0.2) is 18.2 Å². The molecule has 0 amide bonds. The van der Waals surface area contributed by atoms with Crippen molar-refractivity contribution >= 4 is 0 Å². The molecule has 0 spiro atoms. The maximum absolute atomic E-state index is 5.83. The summed E-state index contributed by atoms with van der Waals surface area (Å²) < 4.78 is 5.83. The quantitative estimate of drug-likeness (QED) is 0.745. The molecule has 0 saturated carbocycles. The highest BCUT2D eigenvalue weighted by molar-refractivity contribution is 5.35. The standard InChI is InChI=1S/C16H27NO/c1-13-7-8-14(2)15(11-13)18-10-6-5-9-16(3,4)12-17/h7-8,11H,5-6,9-10,12,17H2,1-4H3. The third-order valence-electron chi connectivity index (χ3n) is 3.40. The summed E-state index contributed by atoms with van der Waals surface area (Å²) in [7, 11) is 0. The summed E-state index contributed by atoms with van der Waals surface area (Å²) in [6.07, 6.45) is 3.44. The van der Waals surface area contributed by atoms with Gasteiger partial charge in [-0.2, -0.15) is 0 Å². The summed E-state index contributed by atoms with van der Waals surface area (Å²) in [4.78, 5) is 0. The maximum atomic E-state index is 5.83. The summed E-state index contributed by atoms with van der Waals surface area (Å²) in [6, 6.07) is 6.34. The number of aryl methyl sites for hydroxylation is 2. The molecule has 2 nitrogen and oxygen atoms in total. The molecule has 0 fully saturated rings. The highest BCUT2D eigenvalue weighted by Crippen LogP contribution is 2.22. The van der Waals surface area contributed by atoms with Crippen molar-refractivity contribution < 1.29 is 4.74 Å². The van der Waals surface area contributed by atoms with E-state index in [1.54, 1.807) is 0 Å². The monoisotopic (exact) mass is 249 g/mol. The van der Waals surface area contributed by atoms with Gasteiger partial charge in [-0.15, -0.1) is 0 Å². The summed E-state index contributed by atoms with van der Waals surface area (Å²) in [5.74, 6) is 1.02. The Kier molecular flexibility index (Phi) is 5.67. The third kappa shape index (κ3) is 5.09. The molecule has 0 heterocycles. The van der Waals surface area contributed by atoms with Gasteiger partial charge in [0.25, 0.3) is 0 Å². The van der Waals surface area contributed by atoms with Gasteiger partial charge in [0.1, 0.15) is 5.75 Å². The average molecular weight is 249 g/mol. The van der Waals surface area contributed by atoms with E-state index in [0.29, 0.717) is 0 Å². The molecule has 18 heavy (non-hydrogen) atoms. The lowest BCUT2D eigenvalue weighted by molar-refractivity contribution is 0.277. The van der Waals surface area contributed by atoms with E-state index >= 15 is 0 Å². The normalized spacial score (nSPS) is 11.6. The molecule has 0 aliphatic rings. The topological polar surface area (TPSA) is 35.2 Å². The molecular formula is C16H27NO. The first kappa shape index (κ1) is 15.0. The van der Waals surface area contributed by atoms with Gasteiger partial charge in [-0.05, 0) is 62.3 Å². The summed E-state index contributed by atoms with van der Waals surface area (Å²) in [5, 5.41) is 0. The van der Waals surface area contributed by atoms with Crippen molar-refractivity contribution in [2.45, 2.75) is 47.0 Å². The molecule has 102 valence electrons. The third-order valence-corrected chi connectivity index (χ3v) is 3.40. The fourth-order valence-electron chi connectivity index (χ4n) is 1.85. The number of unbranched alkanes of at least 4 members (excludes halogenated alkanes) is 1. The van der Waals surface area contributed by atoms with Crippen LogP contribution >= 0.6 is 0 Å². The molecule has 0 saturated heterocycles.